The third-order valence-electron chi connectivity index (χ3n) is 2.97. The minimum absolute atomic E-state index is 0.0943. The molecule has 0 amide bonds. The molecule has 1 heterocycles. The van der Waals surface area contributed by atoms with Gasteiger partial charge in [0.15, 0.2) is 5.15 Å². The van der Waals surface area contributed by atoms with Crippen LogP contribution in [0, 0.1) is 12.7 Å². The summed E-state index contributed by atoms with van der Waals surface area (Å²) in [6.45, 7) is 3.57. The first-order valence-corrected chi connectivity index (χ1v) is 8.93. The van der Waals surface area contributed by atoms with Crippen LogP contribution in [0.2, 0.25) is 5.15 Å². The zero-order valence-electron chi connectivity index (χ0n) is 11.4. The lowest BCUT2D eigenvalue weighted by Crippen LogP contribution is -2.00. The Kier molecular flexibility index (Phi) is 4.60. The third-order valence-corrected chi connectivity index (χ3v) is 4.81. The van der Waals surface area contributed by atoms with E-state index < -0.39 is 14.9 Å². The molecule has 0 fully saturated rings. The molecule has 0 spiro atoms. The Morgan fingerprint density at radius 1 is 1.38 bits per heavy atom. The van der Waals surface area contributed by atoms with Gasteiger partial charge in [-0.25, -0.2) is 17.5 Å². The van der Waals surface area contributed by atoms with E-state index in [1.807, 2.05) is 6.92 Å². The van der Waals surface area contributed by atoms with Crippen molar-refractivity contribution in [1.29, 1.82) is 0 Å². The summed E-state index contributed by atoms with van der Waals surface area (Å²) in [7, 11) is 1.43. The summed E-state index contributed by atoms with van der Waals surface area (Å²) in [6.07, 6.45) is 1.11. The van der Waals surface area contributed by atoms with Crippen molar-refractivity contribution in [3.63, 3.8) is 0 Å². The quantitative estimate of drug-likeness (QED) is 0.786. The van der Waals surface area contributed by atoms with Crippen LogP contribution < -0.4 is 0 Å². The molecule has 0 atom stereocenters. The predicted molar refractivity (Wildman–Crippen MR) is 80.3 cm³/mol. The van der Waals surface area contributed by atoms with E-state index in [-0.39, 0.29) is 10.0 Å². The van der Waals surface area contributed by atoms with Crippen LogP contribution >= 0.6 is 22.3 Å². The molecule has 1 aromatic carbocycles. The minimum Gasteiger partial charge on any atom is -0.220 e. The maximum absolute atomic E-state index is 13.2. The van der Waals surface area contributed by atoms with Crippen LogP contribution in [0.4, 0.5) is 4.39 Å². The van der Waals surface area contributed by atoms with Gasteiger partial charge in [0.05, 0.1) is 11.4 Å². The molecule has 0 aliphatic rings. The Morgan fingerprint density at radius 3 is 2.57 bits per heavy atom. The molecule has 0 radical (unpaired) electrons. The summed E-state index contributed by atoms with van der Waals surface area (Å²) in [6, 6.07) is 4.07. The van der Waals surface area contributed by atoms with Crippen LogP contribution in [-0.4, -0.2) is 18.2 Å². The highest BCUT2D eigenvalue weighted by molar-refractivity contribution is 8.13. The van der Waals surface area contributed by atoms with Gasteiger partial charge in [-0.05, 0) is 37.1 Å². The molecule has 2 aromatic rings. The SMILES string of the molecule is CCCc1nn(-c2ccc(F)cc2C)c(Cl)c1S(=O)(=O)Cl. The third kappa shape index (κ3) is 3.22. The number of aryl methyl sites for hydroxylation is 2. The van der Waals surface area contributed by atoms with E-state index in [9.17, 15) is 12.8 Å². The zero-order valence-corrected chi connectivity index (χ0v) is 13.7. The smallest absolute Gasteiger partial charge is 0.220 e. The summed E-state index contributed by atoms with van der Waals surface area (Å²) in [4.78, 5) is -0.184. The first-order chi connectivity index (χ1) is 9.75. The summed E-state index contributed by atoms with van der Waals surface area (Å²) in [5.41, 5.74) is 1.40. The fraction of sp³-hybridized carbons (Fsp3) is 0.308. The van der Waals surface area contributed by atoms with Gasteiger partial charge in [0.2, 0.25) is 0 Å². The van der Waals surface area contributed by atoms with Crippen molar-refractivity contribution in [2.45, 2.75) is 31.6 Å². The molecule has 0 aliphatic heterocycles. The second kappa shape index (κ2) is 5.94. The van der Waals surface area contributed by atoms with Gasteiger partial charge in [-0.15, -0.1) is 0 Å². The number of rotatable bonds is 4. The Bertz CT molecular complexity index is 788. The van der Waals surface area contributed by atoms with E-state index >= 15 is 0 Å². The van der Waals surface area contributed by atoms with Gasteiger partial charge in [0.1, 0.15) is 10.7 Å². The number of hydrogen-bond donors (Lipinski definition) is 0. The zero-order chi connectivity index (χ0) is 15.8. The van der Waals surface area contributed by atoms with Crippen LogP contribution in [0.3, 0.4) is 0 Å². The fourth-order valence-electron chi connectivity index (χ4n) is 2.08. The lowest BCUT2D eigenvalue weighted by molar-refractivity contribution is 0.608. The molecule has 0 N–H and O–H groups in total. The largest absolute Gasteiger partial charge is 0.266 e. The second-order valence-electron chi connectivity index (χ2n) is 4.60. The number of aromatic nitrogens is 2. The Balaban J connectivity index is 2.71. The van der Waals surface area contributed by atoms with Gasteiger partial charge in [0, 0.05) is 10.7 Å². The molecule has 0 saturated carbocycles. The number of benzene rings is 1. The predicted octanol–water partition coefficient (Wildman–Crippen LogP) is 3.85. The molecular weight excluding hydrogens is 338 g/mol. The van der Waals surface area contributed by atoms with Crippen molar-refractivity contribution in [2.24, 2.45) is 0 Å². The van der Waals surface area contributed by atoms with Gasteiger partial charge in [-0.1, -0.05) is 24.9 Å². The van der Waals surface area contributed by atoms with Crippen LogP contribution in [0.25, 0.3) is 5.69 Å². The Hall–Kier alpha value is -1.11. The lowest BCUT2D eigenvalue weighted by Gasteiger charge is -2.07. The van der Waals surface area contributed by atoms with Gasteiger partial charge in [-0.3, -0.25) is 0 Å². The first-order valence-electron chi connectivity index (χ1n) is 6.24. The first kappa shape index (κ1) is 16.3. The van der Waals surface area contributed by atoms with E-state index in [0.717, 1.165) is 0 Å². The monoisotopic (exact) mass is 350 g/mol. The maximum Gasteiger partial charge on any atom is 0.266 e. The van der Waals surface area contributed by atoms with Crippen molar-refractivity contribution < 1.29 is 12.8 Å². The second-order valence-corrected chi connectivity index (χ2v) is 7.46. The topological polar surface area (TPSA) is 52.0 Å². The summed E-state index contributed by atoms with van der Waals surface area (Å²) >= 11 is 6.14. The molecule has 2 rings (SSSR count). The molecule has 114 valence electrons. The summed E-state index contributed by atoms with van der Waals surface area (Å²) in [5.74, 6) is -0.390. The summed E-state index contributed by atoms with van der Waals surface area (Å²) < 4.78 is 37.9. The van der Waals surface area contributed by atoms with Crippen molar-refractivity contribution in [3.8, 4) is 5.69 Å². The van der Waals surface area contributed by atoms with Crippen LogP contribution in [0.1, 0.15) is 24.6 Å². The van der Waals surface area contributed by atoms with Crippen molar-refractivity contribution in [1.82, 2.24) is 9.78 Å². The molecule has 4 nitrogen and oxygen atoms in total. The van der Waals surface area contributed by atoms with Crippen LogP contribution in [0.15, 0.2) is 23.1 Å². The Morgan fingerprint density at radius 2 is 2.05 bits per heavy atom. The number of nitrogens with zero attached hydrogens (tertiary/aromatic N) is 2. The van der Waals surface area contributed by atoms with E-state index in [0.29, 0.717) is 29.8 Å². The van der Waals surface area contributed by atoms with Gasteiger partial charge >= 0.3 is 0 Å². The van der Waals surface area contributed by atoms with Gasteiger partial charge in [0.25, 0.3) is 9.05 Å². The van der Waals surface area contributed by atoms with E-state index in [1.165, 1.54) is 22.9 Å². The van der Waals surface area contributed by atoms with Crippen molar-refractivity contribution in [2.75, 3.05) is 0 Å². The minimum atomic E-state index is -4.01. The van der Waals surface area contributed by atoms with E-state index in [4.69, 9.17) is 22.3 Å². The van der Waals surface area contributed by atoms with Crippen molar-refractivity contribution >= 4 is 31.3 Å². The molecule has 8 heteroatoms. The number of hydrogen-bond acceptors (Lipinski definition) is 3. The van der Waals surface area contributed by atoms with Gasteiger partial charge < -0.3 is 0 Å². The molecule has 0 unspecified atom stereocenters. The average molecular weight is 351 g/mol. The highest BCUT2D eigenvalue weighted by Gasteiger charge is 2.26. The molecular formula is C13H13Cl2FN2O2S. The highest BCUT2D eigenvalue weighted by atomic mass is 35.7. The summed E-state index contributed by atoms with van der Waals surface area (Å²) in [5, 5.41) is 4.13. The Labute approximate surface area is 131 Å². The maximum atomic E-state index is 13.2. The average Bonchev–Trinajstić information content (AvgIpc) is 2.66. The lowest BCUT2D eigenvalue weighted by atomic mass is 10.2. The van der Waals surface area contributed by atoms with E-state index in [1.54, 1.807) is 6.92 Å². The molecule has 0 bridgehead atoms. The van der Waals surface area contributed by atoms with Crippen LogP contribution in [0.5, 0.6) is 0 Å². The normalized spacial score (nSPS) is 11.9. The molecule has 1 aromatic heterocycles. The number of halogens is 3. The highest BCUT2D eigenvalue weighted by Crippen LogP contribution is 2.32. The molecule has 0 saturated heterocycles. The van der Waals surface area contributed by atoms with E-state index in [2.05, 4.69) is 5.10 Å². The van der Waals surface area contributed by atoms with Gasteiger partial charge in [-0.2, -0.15) is 5.10 Å². The van der Waals surface area contributed by atoms with Crippen molar-refractivity contribution in [3.05, 3.63) is 40.4 Å². The van der Waals surface area contributed by atoms with Crippen LogP contribution in [-0.2, 0) is 15.5 Å². The molecule has 0 aliphatic carbocycles. The molecule has 21 heavy (non-hydrogen) atoms. The standard InChI is InChI=1S/C13H13Cl2FN2O2S/c1-3-4-10-12(21(15,19)20)13(14)18(17-10)11-6-5-9(16)7-8(11)2/h5-7H,3-4H2,1-2H3. The fourth-order valence-corrected chi connectivity index (χ4v) is 3.94.